The van der Waals surface area contributed by atoms with Crippen LogP contribution in [-0.2, 0) is 4.79 Å². The van der Waals surface area contributed by atoms with Gasteiger partial charge in [-0.15, -0.1) is 0 Å². The Labute approximate surface area is 155 Å². The Morgan fingerprint density at radius 1 is 1.22 bits per heavy atom. The number of aryl methyl sites for hydroxylation is 1. The highest BCUT2D eigenvalue weighted by Gasteiger charge is 2.29. The number of hydrogen-bond acceptors (Lipinski definition) is 6. The minimum absolute atomic E-state index is 0.0496. The van der Waals surface area contributed by atoms with Gasteiger partial charge in [-0.1, -0.05) is 17.7 Å². The zero-order valence-electron chi connectivity index (χ0n) is 15.0. The van der Waals surface area contributed by atoms with E-state index in [0.717, 1.165) is 5.56 Å². The first kappa shape index (κ1) is 18.1. The van der Waals surface area contributed by atoms with Gasteiger partial charge in [0.25, 0.3) is 5.91 Å². The van der Waals surface area contributed by atoms with E-state index in [0.29, 0.717) is 22.5 Å². The first-order valence-electron chi connectivity index (χ1n) is 8.05. The Morgan fingerprint density at radius 3 is 2.48 bits per heavy atom. The van der Waals surface area contributed by atoms with Gasteiger partial charge in [0.1, 0.15) is 0 Å². The van der Waals surface area contributed by atoms with E-state index in [1.807, 2.05) is 19.1 Å². The highest BCUT2D eigenvalue weighted by molar-refractivity contribution is 6.32. The number of nitro groups is 1. The van der Waals surface area contributed by atoms with Crippen molar-refractivity contribution in [2.45, 2.75) is 13.8 Å². The molecule has 0 fully saturated rings. The van der Waals surface area contributed by atoms with E-state index in [-0.39, 0.29) is 11.7 Å². The summed E-state index contributed by atoms with van der Waals surface area (Å²) >= 11 is 0. The molecule has 0 spiro atoms. The molecule has 0 saturated heterocycles. The van der Waals surface area contributed by atoms with Crippen LogP contribution in [0.2, 0.25) is 0 Å². The summed E-state index contributed by atoms with van der Waals surface area (Å²) in [5.74, 6) is -0.952. The van der Waals surface area contributed by atoms with Crippen LogP contribution in [0, 0.1) is 17.0 Å². The zero-order chi connectivity index (χ0) is 19.7. The number of nitro benzene ring substituents is 1. The molecule has 27 heavy (non-hydrogen) atoms. The Balaban J connectivity index is 2.02. The molecule has 1 aliphatic heterocycles. The van der Waals surface area contributed by atoms with Gasteiger partial charge in [-0.25, -0.2) is 0 Å². The summed E-state index contributed by atoms with van der Waals surface area (Å²) in [7, 11) is 1.29. The first-order valence-corrected chi connectivity index (χ1v) is 8.05. The lowest BCUT2D eigenvalue weighted by Crippen LogP contribution is -2.21. The van der Waals surface area contributed by atoms with Crippen molar-refractivity contribution in [3.8, 4) is 11.5 Å². The number of methoxy groups -OCH3 is 1. The average Bonchev–Trinajstić information content (AvgIpc) is 2.91. The molecule has 1 amide bonds. The van der Waals surface area contributed by atoms with E-state index < -0.39 is 16.4 Å². The number of hydrazone groups is 1. The van der Waals surface area contributed by atoms with Crippen LogP contribution in [0.3, 0.4) is 0 Å². The van der Waals surface area contributed by atoms with Crippen molar-refractivity contribution >= 4 is 29.1 Å². The monoisotopic (exact) mass is 367 g/mol. The van der Waals surface area contributed by atoms with Gasteiger partial charge in [-0.2, -0.15) is 10.1 Å². The van der Waals surface area contributed by atoms with Crippen LogP contribution >= 0.6 is 0 Å². The maximum atomic E-state index is 12.8. The molecule has 138 valence electrons. The standard InChI is InChI=1S/C19H17N3O5/c1-11-4-6-14(7-5-11)21-19(24)15(12(2)20-21)8-13-9-16(22(25)26)18(23)17(10-13)27-3/h4-10,23H,1-3H3. The predicted molar refractivity (Wildman–Crippen MR) is 101 cm³/mol. The third-order valence-electron chi connectivity index (χ3n) is 4.15. The quantitative estimate of drug-likeness (QED) is 0.506. The molecule has 8 nitrogen and oxygen atoms in total. The minimum atomic E-state index is -0.712. The number of aromatic hydroxyl groups is 1. The molecule has 1 aliphatic rings. The lowest BCUT2D eigenvalue weighted by atomic mass is 10.1. The van der Waals surface area contributed by atoms with Crippen LogP contribution in [0.1, 0.15) is 18.1 Å². The van der Waals surface area contributed by atoms with Crippen molar-refractivity contribution in [1.82, 2.24) is 0 Å². The van der Waals surface area contributed by atoms with Gasteiger partial charge in [0.15, 0.2) is 5.75 Å². The average molecular weight is 367 g/mol. The van der Waals surface area contributed by atoms with Crippen molar-refractivity contribution in [2.24, 2.45) is 5.10 Å². The number of ether oxygens (including phenoxy) is 1. The van der Waals surface area contributed by atoms with Crippen LogP contribution in [0.15, 0.2) is 47.1 Å². The van der Waals surface area contributed by atoms with Crippen LogP contribution in [0.5, 0.6) is 11.5 Å². The first-order chi connectivity index (χ1) is 12.8. The lowest BCUT2D eigenvalue weighted by molar-refractivity contribution is -0.386. The second kappa shape index (κ2) is 6.91. The molecular formula is C19H17N3O5. The second-order valence-corrected chi connectivity index (χ2v) is 6.04. The van der Waals surface area contributed by atoms with Gasteiger partial charge >= 0.3 is 5.69 Å². The summed E-state index contributed by atoms with van der Waals surface area (Å²) in [5, 5.41) is 26.6. The molecule has 0 saturated carbocycles. The summed E-state index contributed by atoms with van der Waals surface area (Å²) in [5.41, 5.74) is 2.32. The summed E-state index contributed by atoms with van der Waals surface area (Å²) in [6, 6.07) is 9.94. The second-order valence-electron chi connectivity index (χ2n) is 6.04. The Hall–Kier alpha value is -3.68. The van der Waals surface area contributed by atoms with Gasteiger partial charge in [-0.05, 0) is 43.7 Å². The van der Waals surface area contributed by atoms with Gasteiger partial charge in [0, 0.05) is 6.07 Å². The maximum Gasteiger partial charge on any atom is 0.315 e. The third kappa shape index (κ3) is 3.37. The summed E-state index contributed by atoms with van der Waals surface area (Å²) in [4.78, 5) is 23.2. The number of hydrogen-bond donors (Lipinski definition) is 1. The van der Waals surface area contributed by atoms with Crippen molar-refractivity contribution < 1.29 is 19.6 Å². The number of benzene rings is 2. The zero-order valence-corrected chi connectivity index (χ0v) is 15.0. The predicted octanol–water partition coefficient (Wildman–Crippen LogP) is 3.42. The van der Waals surface area contributed by atoms with Crippen molar-refractivity contribution in [3.63, 3.8) is 0 Å². The molecule has 2 aromatic carbocycles. The number of rotatable bonds is 4. The molecule has 2 aromatic rings. The number of nitrogens with zero attached hydrogens (tertiary/aromatic N) is 3. The summed E-state index contributed by atoms with van der Waals surface area (Å²) < 4.78 is 4.99. The highest BCUT2D eigenvalue weighted by atomic mass is 16.6. The van der Waals surface area contributed by atoms with Crippen molar-refractivity contribution in [1.29, 1.82) is 0 Å². The molecule has 1 N–H and O–H groups in total. The number of phenolic OH excluding ortho intramolecular Hbond substituents is 1. The molecule has 3 rings (SSSR count). The number of carbonyl (C=O) groups excluding carboxylic acids is 1. The molecular weight excluding hydrogens is 350 g/mol. The normalized spacial score (nSPS) is 15.2. The third-order valence-corrected chi connectivity index (χ3v) is 4.15. The van der Waals surface area contributed by atoms with Gasteiger partial charge in [0.05, 0.1) is 29.0 Å². The fourth-order valence-corrected chi connectivity index (χ4v) is 2.70. The summed E-state index contributed by atoms with van der Waals surface area (Å²) in [6.07, 6.45) is 1.49. The molecule has 0 radical (unpaired) electrons. The molecule has 0 atom stereocenters. The fourth-order valence-electron chi connectivity index (χ4n) is 2.70. The number of anilines is 1. The minimum Gasteiger partial charge on any atom is -0.500 e. The van der Waals surface area contributed by atoms with E-state index in [4.69, 9.17) is 4.74 Å². The van der Waals surface area contributed by atoms with Gasteiger partial charge in [-0.3, -0.25) is 14.9 Å². The Morgan fingerprint density at radius 2 is 1.89 bits per heavy atom. The van der Waals surface area contributed by atoms with Crippen LogP contribution in [0.4, 0.5) is 11.4 Å². The van der Waals surface area contributed by atoms with E-state index in [9.17, 15) is 20.0 Å². The molecule has 8 heteroatoms. The molecule has 0 aliphatic carbocycles. The topological polar surface area (TPSA) is 105 Å². The van der Waals surface area contributed by atoms with Crippen molar-refractivity contribution in [3.05, 3.63) is 63.2 Å². The van der Waals surface area contributed by atoms with E-state index in [2.05, 4.69) is 5.10 Å². The summed E-state index contributed by atoms with van der Waals surface area (Å²) in [6.45, 7) is 3.63. The molecule has 0 bridgehead atoms. The van der Waals surface area contributed by atoms with Gasteiger partial charge < -0.3 is 9.84 Å². The smallest absolute Gasteiger partial charge is 0.315 e. The van der Waals surface area contributed by atoms with Crippen molar-refractivity contribution in [2.75, 3.05) is 12.1 Å². The van der Waals surface area contributed by atoms with Gasteiger partial charge in [0.2, 0.25) is 5.75 Å². The maximum absolute atomic E-state index is 12.8. The largest absolute Gasteiger partial charge is 0.500 e. The molecule has 0 unspecified atom stereocenters. The van der Waals surface area contributed by atoms with E-state index in [1.165, 1.54) is 30.3 Å². The SMILES string of the molecule is COc1cc(C=C2C(=O)N(c3ccc(C)cc3)N=C2C)cc([N+](=O)[O-])c1O. The number of carbonyl (C=O) groups is 1. The number of amides is 1. The van der Waals surface area contributed by atoms with Crippen LogP contribution in [-0.4, -0.2) is 28.8 Å². The fraction of sp³-hybridized carbons (Fsp3) is 0.158. The van der Waals surface area contributed by atoms with E-state index in [1.54, 1.807) is 19.1 Å². The lowest BCUT2D eigenvalue weighted by Gasteiger charge is -2.11. The van der Waals surface area contributed by atoms with Crippen LogP contribution < -0.4 is 9.75 Å². The molecule has 1 heterocycles. The molecule has 0 aromatic heterocycles. The Kier molecular flexibility index (Phi) is 4.64. The number of phenols is 1. The van der Waals surface area contributed by atoms with Crippen LogP contribution in [0.25, 0.3) is 6.08 Å². The Bertz CT molecular complexity index is 993. The highest BCUT2D eigenvalue weighted by Crippen LogP contribution is 2.38. The van der Waals surface area contributed by atoms with E-state index >= 15 is 0 Å².